The van der Waals surface area contributed by atoms with Crippen LogP contribution in [0.15, 0.2) is 24.3 Å². The second-order valence-electron chi connectivity index (χ2n) is 2.06. The number of hydrogen-bond donors (Lipinski definition) is 1. The van der Waals surface area contributed by atoms with E-state index in [0.717, 1.165) is 5.39 Å². The summed E-state index contributed by atoms with van der Waals surface area (Å²) in [6, 6.07) is 8.11. The van der Waals surface area contributed by atoms with Crippen LogP contribution >= 0.6 is 0 Å². The molecular formula is C7H6N2Se. The standard InChI is InChI=1S/C7H6N2Se/c8-7-5-3-1-2-4-6(5)10-9-7/h1-4H,(H2,8,9). The molecule has 1 aromatic carbocycles. The fourth-order valence-electron chi connectivity index (χ4n) is 0.905. The van der Waals surface area contributed by atoms with Gasteiger partial charge in [0, 0.05) is 0 Å². The van der Waals surface area contributed by atoms with Gasteiger partial charge in [-0.05, 0) is 0 Å². The van der Waals surface area contributed by atoms with Crippen molar-refractivity contribution in [1.82, 2.24) is 3.98 Å². The van der Waals surface area contributed by atoms with Crippen LogP contribution in [0, 0.1) is 0 Å². The predicted octanol–water partition coefficient (Wildman–Crippen LogP) is 0.874. The second-order valence-corrected chi connectivity index (χ2v) is 3.75. The predicted molar refractivity (Wildman–Crippen MR) is 43.1 cm³/mol. The molecule has 0 fully saturated rings. The zero-order valence-electron chi connectivity index (χ0n) is 5.24. The Kier molecular flexibility index (Phi) is 1.26. The topological polar surface area (TPSA) is 38.9 Å². The Hall–Kier alpha value is -0.791. The molecule has 10 heavy (non-hydrogen) atoms. The van der Waals surface area contributed by atoms with Gasteiger partial charge in [0.2, 0.25) is 0 Å². The van der Waals surface area contributed by atoms with Crippen molar-refractivity contribution < 1.29 is 0 Å². The molecule has 0 spiro atoms. The van der Waals surface area contributed by atoms with Gasteiger partial charge in [-0.1, -0.05) is 0 Å². The van der Waals surface area contributed by atoms with Crippen molar-refractivity contribution in [3.63, 3.8) is 0 Å². The van der Waals surface area contributed by atoms with Crippen LogP contribution in [0.1, 0.15) is 0 Å². The summed E-state index contributed by atoms with van der Waals surface area (Å²) in [4.78, 5) is 0. The molecule has 0 aliphatic rings. The third kappa shape index (κ3) is 0.753. The van der Waals surface area contributed by atoms with Crippen LogP contribution in [0.4, 0.5) is 5.82 Å². The molecule has 0 amide bonds. The summed E-state index contributed by atoms with van der Waals surface area (Å²) in [5, 5.41) is 1.13. The van der Waals surface area contributed by atoms with Gasteiger partial charge in [-0.25, -0.2) is 0 Å². The summed E-state index contributed by atoms with van der Waals surface area (Å²) in [5.41, 5.74) is 5.61. The number of nitrogens with two attached hydrogens (primary N) is 1. The van der Waals surface area contributed by atoms with E-state index >= 15 is 0 Å². The van der Waals surface area contributed by atoms with Crippen LogP contribution in [-0.4, -0.2) is 18.7 Å². The van der Waals surface area contributed by atoms with E-state index in [1.54, 1.807) is 0 Å². The molecule has 0 atom stereocenters. The fourth-order valence-corrected chi connectivity index (χ4v) is 2.39. The fraction of sp³-hybridized carbons (Fsp3) is 0. The van der Waals surface area contributed by atoms with Gasteiger partial charge in [0.15, 0.2) is 0 Å². The molecule has 1 aromatic heterocycles. The van der Waals surface area contributed by atoms with Gasteiger partial charge in [-0.15, -0.1) is 0 Å². The zero-order valence-corrected chi connectivity index (χ0v) is 6.96. The zero-order chi connectivity index (χ0) is 6.97. The van der Waals surface area contributed by atoms with Gasteiger partial charge < -0.3 is 0 Å². The van der Waals surface area contributed by atoms with Crippen molar-refractivity contribution in [2.45, 2.75) is 0 Å². The molecule has 0 radical (unpaired) electrons. The van der Waals surface area contributed by atoms with E-state index in [9.17, 15) is 0 Å². The van der Waals surface area contributed by atoms with Gasteiger partial charge >= 0.3 is 64.2 Å². The summed E-state index contributed by atoms with van der Waals surface area (Å²) in [5.74, 6) is 0.704. The summed E-state index contributed by atoms with van der Waals surface area (Å²) < 4.78 is 5.46. The van der Waals surface area contributed by atoms with Gasteiger partial charge in [0.1, 0.15) is 0 Å². The Labute approximate surface area is 64.7 Å². The number of anilines is 1. The Morgan fingerprint density at radius 3 is 2.90 bits per heavy atom. The van der Waals surface area contributed by atoms with Gasteiger partial charge in [0.25, 0.3) is 0 Å². The SMILES string of the molecule is Nc1n[se]c2ccccc12. The number of fused-ring (bicyclic) bond motifs is 1. The number of hydrogen-bond acceptors (Lipinski definition) is 2. The van der Waals surface area contributed by atoms with Gasteiger partial charge in [-0.3, -0.25) is 0 Å². The van der Waals surface area contributed by atoms with Crippen molar-refractivity contribution in [3.8, 4) is 0 Å². The molecular weight excluding hydrogens is 191 g/mol. The summed E-state index contributed by atoms with van der Waals surface area (Å²) in [6.45, 7) is 0. The summed E-state index contributed by atoms with van der Waals surface area (Å²) in [7, 11) is 0. The molecule has 1 heterocycles. The quantitative estimate of drug-likeness (QED) is 0.636. The van der Waals surface area contributed by atoms with Crippen molar-refractivity contribution in [2.24, 2.45) is 0 Å². The maximum atomic E-state index is 5.61. The first-order valence-electron chi connectivity index (χ1n) is 2.98. The maximum absolute atomic E-state index is 5.61. The molecule has 2 rings (SSSR count). The van der Waals surface area contributed by atoms with E-state index in [-0.39, 0.29) is 14.7 Å². The number of aromatic nitrogens is 1. The first kappa shape index (κ1) is 5.95. The first-order valence-corrected chi connectivity index (χ1v) is 4.60. The van der Waals surface area contributed by atoms with E-state index < -0.39 is 0 Å². The summed E-state index contributed by atoms with van der Waals surface area (Å²) >= 11 is 0.237. The number of nitrogen functional groups attached to an aromatic ring is 1. The Bertz CT molecular complexity index is 353. The van der Waals surface area contributed by atoms with Gasteiger partial charge in [-0.2, -0.15) is 0 Å². The molecule has 3 heteroatoms. The number of nitrogens with zero attached hydrogens (tertiary/aromatic N) is 1. The van der Waals surface area contributed by atoms with Crippen molar-refractivity contribution in [2.75, 3.05) is 5.73 Å². The molecule has 0 unspecified atom stereocenters. The molecule has 0 aliphatic heterocycles. The first-order chi connectivity index (χ1) is 4.88. The Morgan fingerprint density at radius 1 is 1.30 bits per heavy atom. The van der Waals surface area contributed by atoms with Crippen LogP contribution in [0.2, 0.25) is 0 Å². The molecule has 2 nitrogen and oxygen atoms in total. The van der Waals surface area contributed by atoms with Crippen molar-refractivity contribution in [1.29, 1.82) is 0 Å². The van der Waals surface area contributed by atoms with Crippen LogP contribution in [0.3, 0.4) is 0 Å². The minimum absolute atomic E-state index is 0.237. The Morgan fingerprint density at radius 2 is 2.10 bits per heavy atom. The monoisotopic (exact) mass is 198 g/mol. The van der Waals surface area contributed by atoms with Crippen LogP contribution < -0.4 is 5.73 Å². The van der Waals surface area contributed by atoms with E-state index in [1.165, 1.54) is 4.26 Å². The summed E-state index contributed by atoms with van der Waals surface area (Å²) in [6.07, 6.45) is 0. The van der Waals surface area contributed by atoms with E-state index in [0.29, 0.717) is 5.82 Å². The van der Waals surface area contributed by atoms with E-state index in [2.05, 4.69) is 10.0 Å². The van der Waals surface area contributed by atoms with E-state index in [1.807, 2.05) is 18.2 Å². The average Bonchev–Trinajstić information content (AvgIpc) is 2.34. The average molecular weight is 197 g/mol. The van der Waals surface area contributed by atoms with Gasteiger partial charge in [0.05, 0.1) is 0 Å². The minimum atomic E-state index is 0.237. The number of rotatable bonds is 0. The number of benzene rings is 1. The molecule has 0 saturated carbocycles. The van der Waals surface area contributed by atoms with Crippen molar-refractivity contribution in [3.05, 3.63) is 24.3 Å². The molecule has 0 bridgehead atoms. The second kappa shape index (κ2) is 2.11. The molecule has 0 aliphatic carbocycles. The molecule has 2 aromatic rings. The molecule has 50 valence electrons. The molecule has 0 saturated heterocycles. The van der Waals surface area contributed by atoms with E-state index in [4.69, 9.17) is 5.73 Å². The van der Waals surface area contributed by atoms with Crippen LogP contribution in [-0.2, 0) is 0 Å². The third-order valence-electron chi connectivity index (χ3n) is 1.41. The van der Waals surface area contributed by atoms with Crippen LogP contribution in [0.5, 0.6) is 0 Å². The third-order valence-corrected chi connectivity index (χ3v) is 3.17. The van der Waals surface area contributed by atoms with Crippen LogP contribution in [0.25, 0.3) is 9.65 Å². The Balaban J connectivity index is 2.93. The normalized spacial score (nSPS) is 10.4. The molecule has 2 N–H and O–H groups in total. The van der Waals surface area contributed by atoms with Crippen molar-refractivity contribution >= 4 is 30.2 Å².